The topological polar surface area (TPSA) is 77.3 Å². The van der Waals surface area contributed by atoms with E-state index >= 15 is 0 Å². The summed E-state index contributed by atoms with van der Waals surface area (Å²) in [5.41, 5.74) is 0.959. The molecule has 1 rings (SSSR count). The lowest BCUT2D eigenvalue weighted by Crippen LogP contribution is -2.15. The molecule has 0 saturated heterocycles. The Morgan fingerprint density at radius 3 is 3.10 bits per heavy atom. The summed E-state index contributed by atoms with van der Waals surface area (Å²) in [6.07, 6.45) is 4.51. The molecule has 0 aliphatic rings. The van der Waals surface area contributed by atoms with Crippen molar-refractivity contribution >= 4 is 23.5 Å². The van der Waals surface area contributed by atoms with E-state index in [0.717, 1.165) is 29.1 Å². The van der Waals surface area contributed by atoms with Gasteiger partial charge < -0.3 is 10.1 Å². The normalized spacial score (nSPS) is 11.2. The quantitative estimate of drug-likeness (QED) is 0.426. The molecule has 0 atom stereocenters. The van der Waals surface area contributed by atoms with Crippen LogP contribution in [0.25, 0.3) is 0 Å². The van der Waals surface area contributed by atoms with Gasteiger partial charge in [-0.3, -0.25) is 15.1 Å². The van der Waals surface area contributed by atoms with Gasteiger partial charge in [0.15, 0.2) is 0 Å². The molecule has 0 aromatic carbocycles. The van der Waals surface area contributed by atoms with Crippen molar-refractivity contribution in [2.75, 3.05) is 25.7 Å². The Bertz CT molecular complexity index is 469. The van der Waals surface area contributed by atoms with Crippen LogP contribution in [0.1, 0.15) is 5.69 Å². The van der Waals surface area contributed by atoms with Crippen molar-refractivity contribution in [3.8, 4) is 5.75 Å². The SMILES string of the molecule is COc1ccnc(CSCCN/C(=C/[N+](=O)[O-])SC)c1. The first-order valence-electron chi connectivity index (χ1n) is 5.85. The van der Waals surface area contributed by atoms with E-state index in [0.29, 0.717) is 11.6 Å². The van der Waals surface area contributed by atoms with Gasteiger partial charge in [-0.05, 0) is 12.3 Å². The van der Waals surface area contributed by atoms with Gasteiger partial charge in [0.1, 0.15) is 10.8 Å². The molecule has 6 nitrogen and oxygen atoms in total. The molecule has 0 radical (unpaired) electrons. The zero-order valence-corrected chi connectivity index (χ0v) is 13.0. The van der Waals surface area contributed by atoms with Crippen molar-refractivity contribution in [3.63, 3.8) is 0 Å². The van der Waals surface area contributed by atoms with Crippen LogP contribution in [0.5, 0.6) is 5.75 Å². The van der Waals surface area contributed by atoms with Gasteiger partial charge >= 0.3 is 0 Å². The summed E-state index contributed by atoms with van der Waals surface area (Å²) in [6.45, 7) is 0.676. The smallest absolute Gasteiger partial charge is 0.263 e. The molecule has 0 fully saturated rings. The number of hydrogen-bond donors (Lipinski definition) is 1. The Labute approximate surface area is 126 Å². The average molecular weight is 315 g/mol. The number of ether oxygens (including phenoxy) is 1. The summed E-state index contributed by atoms with van der Waals surface area (Å²) in [5, 5.41) is 13.9. The minimum atomic E-state index is -0.452. The number of aromatic nitrogens is 1. The van der Waals surface area contributed by atoms with Crippen LogP contribution in [0.4, 0.5) is 0 Å². The highest BCUT2D eigenvalue weighted by atomic mass is 32.2. The highest BCUT2D eigenvalue weighted by molar-refractivity contribution is 8.02. The molecule has 8 heteroatoms. The van der Waals surface area contributed by atoms with Gasteiger partial charge in [-0.25, -0.2) is 0 Å². The molecule has 0 bridgehead atoms. The van der Waals surface area contributed by atoms with E-state index in [2.05, 4.69) is 10.3 Å². The van der Waals surface area contributed by atoms with Crippen molar-refractivity contribution in [1.29, 1.82) is 0 Å². The lowest BCUT2D eigenvalue weighted by molar-refractivity contribution is -0.403. The van der Waals surface area contributed by atoms with Crippen molar-refractivity contribution in [2.24, 2.45) is 0 Å². The Morgan fingerprint density at radius 2 is 2.45 bits per heavy atom. The number of methoxy groups -OCH3 is 1. The third-order valence-electron chi connectivity index (χ3n) is 2.26. The molecule has 0 saturated carbocycles. The second kappa shape index (κ2) is 9.49. The Balaban J connectivity index is 2.26. The van der Waals surface area contributed by atoms with Crippen molar-refractivity contribution in [1.82, 2.24) is 10.3 Å². The summed E-state index contributed by atoms with van der Waals surface area (Å²) in [5.74, 6) is 2.42. The number of pyridine rings is 1. The van der Waals surface area contributed by atoms with E-state index in [1.165, 1.54) is 11.8 Å². The molecule has 0 spiro atoms. The molecule has 0 aliphatic heterocycles. The number of nitro groups is 1. The van der Waals surface area contributed by atoms with Gasteiger partial charge in [0.25, 0.3) is 6.20 Å². The van der Waals surface area contributed by atoms with Crippen LogP contribution in [-0.2, 0) is 5.75 Å². The second-order valence-electron chi connectivity index (χ2n) is 3.65. The van der Waals surface area contributed by atoms with Crippen molar-refractivity contribution in [2.45, 2.75) is 5.75 Å². The van der Waals surface area contributed by atoms with Crippen molar-refractivity contribution in [3.05, 3.63) is 45.4 Å². The molecular formula is C12H17N3O3S2. The fraction of sp³-hybridized carbons (Fsp3) is 0.417. The van der Waals surface area contributed by atoms with E-state index in [1.807, 2.05) is 12.1 Å². The van der Waals surface area contributed by atoms with Crippen LogP contribution in [0.2, 0.25) is 0 Å². The first kappa shape index (κ1) is 16.6. The maximum Gasteiger partial charge on any atom is 0.263 e. The minimum Gasteiger partial charge on any atom is -0.497 e. The number of hydrogen-bond acceptors (Lipinski definition) is 7. The van der Waals surface area contributed by atoms with E-state index in [4.69, 9.17) is 4.74 Å². The minimum absolute atomic E-state index is 0.452. The highest BCUT2D eigenvalue weighted by Gasteiger charge is 2.01. The number of rotatable bonds is 9. The molecule has 0 aliphatic carbocycles. The van der Waals surface area contributed by atoms with Crippen LogP contribution in [0.15, 0.2) is 29.6 Å². The predicted molar refractivity (Wildman–Crippen MR) is 83.5 cm³/mol. The van der Waals surface area contributed by atoms with Gasteiger partial charge in [-0.2, -0.15) is 11.8 Å². The summed E-state index contributed by atoms with van der Waals surface area (Å²) in [4.78, 5) is 14.2. The average Bonchev–Trinajstić information content (AvgIpc) is 2.45. The van der Waals surface area contributed by atoms with Crippen LogP contribution in [0.3, 0.4) is 0 Å². The van der Waals surface area contributed by atoms with Gasteiger partial charge in [-0.15, -0.1) is 11.8 Å². The third kappa shape index (κ3) is 6.67. The standard InChI is InChI=1S/C12H17N3O3S2/c1-18-11-3-4-13-10(7-11)9-20-6-5-14-12(19-2)8-15(16)17/h3-4,7-8,14H,5-6,9H2,1-2H3/b12-8-. The molecule has 110 valence electrons. The summed E-state index contributed by atoms with van der Waals surface area (Å²) in [7, 11) is 1.63. The number of nitrogens with zero attached hydrogens (tertiary/aromatic N) is 2. The first-order valence-corrected chi connectivity index (χ1v) is 8.23. The van der Waals surface area contributed by atoms with E-state index in [9.17, 15) is 10.1 Å². The zero-order valence-electron chi connectivity index (χ0n) is 11.4. The molecule has 0 unspecified atom stereocenters. The van der Waals surface area contributed by atoms with E-state index in [1.54, 1.807) is 31.3 Å². The summed E-state index contributed by atoms with van der Waals surface area (Å²) >= 11 is 3.04. The Hall–Kier alpha value is -1.41. The largest absolute Gasteiger partial charge is 0.497 e. The lowest BCUT2D eigenvalue weighted by Gasteiger charge is -2.06. The Kier molecular flexibility index (Phi) is 7.89. The van der Waals surface area contributed by atoms with Gasteiger partial charge in [0, 0.05) is 30.3 Å². The molecule has 1 aromatic heterocycles. The predicted octanol–water partition coefficient (Wildman–Crippen LogP) is 2.35. The van der Waals surface area contributed by atoms with Gasteiger partial charge in [0.2, 0.25) is 0 Å². The molecule has 0 amide bonds. The van der Waals surface area contributed by atoms with Crippen LogP contribution in [-0.4, -0.2) is 35.6 Å². The number of thioether (sulfide) groups is 2. The fourth-order valence-corrected chi connectivity index (χ4v) is 2.55. The van der Waals surface area contributed by atoms with Crippen LogP contribution in [0, 0.1) is 10.1 Å². The summed E-state index contributed by atoms with van der Waals surface area (Å²) in [6, 6.07) is 3.71. The van der Waals surface area contributed by atoms with Gasteiger partial charge in [0.05, 0.1) is 17.7 Å². The fourth-order valence-electron chi connectivity index (χ4n) is 1.35. The molecule has 1 heterocycles. The maximum atomic E-state index is 10.4. The lowest BCUT2D eigenvalue weighted by atomic mass is 10.3. The molecular weight excluding hydrogens is 298 g/mol. The summed E-state index contributed by atoms with van der Waals surface area (Å²) < 4.78 is 5.13. The maximum absolute atomic E-state index is 10.4. The monoisotopic (exact) mass is 315 g/mol. The van der Waals surface area contributed by atoms with Crippen LogP contribution >= 0.6 is 23.5 Å². The first-order chi connectivity index (χ1) is 9.65. The number of nitrogens with one attached hydrogen (secondary N) is 1. The van der Waals surface area contributed by atoms with Gasteiger partial charge in [-0.1, -0.05) is 0 Å². The molecule has 1 N–H and O–H groups in total. The van der Waals surface area contributed by atoms with E-state index < -0.39 is 4.92 Å². The van der Waals surface area contributed by atoms with Crippen LogP contribution < -0.4 is 10.1 Å². The Morgan fingerprint density at radius 1 is 1.65 bits per heavy atom. The molecule has 1 aromatic rings. The van der Waals surface area contributed by atoms with E-state index in [-0.39, 0.29) is 0 Å². The third-order valence-corrected chi connectivity index (χ3v) is 3.94. The van der Waals surface area contributed by atoms with Crippen molar-refractivity contribution < 1.29 is 9.66 Å². The zero-order chi connectivity index (χ0) is 14.8. The molecule has 20 heavy (non-hydrogen) atoms. The highest BCUT2D eigenvalue weighted by Crippen LogP contribution is 2.15. The second-order valence-corrected chi connectivity index (χ2v) is 5.60.